The fourth-order valence-electron chi connectivity index (χ4n) is 1.29. The van der Waals surface area contributed by atoms with Crippen molar-refractivity contribution < 1.29 is 9.36 Å². The van der Waals surface area contributed by atoms with Crippen molar-refractivity contribution in [1.82, 2.24) is 0 Å². The van der Waals surface area contributed by atoms with E-state index in [1.54, 1.807) is 20.3 Å². The van der Waals surface area contributed by atoms with E-state index in [2.05, 4.69) is 0 Å². The minimum atomic E-state index is -2.20. The van der Waals surface area contributed by atoms with Crippen molar-refractivity contribution in [2.75, 3.05) is 13.3 Å². The molecule has 0 amide bonds. The van der Waals surface area contributed by atoms with Gasteiger partial charge in [0, 0.05) is 11.7 Å². The molecule has 1 rings (SSSR count). The van der Waals surface area contributed by atoms with Crippen molar-refractivity contribution in [3.63, 3.8) is 0 Å². The van der Waals surface area contributed by atoms with Gasteiger partial charge in [-0.05, 0) is 31.9 Å². The Morgan fingerprint density at radius 2 is 2.00 bits per heavy atom. The first-order valence-corrected chi connectivity index (χ1v) is 7.13. The zero-order valence-corrected chi connectivity index (χ0v) is 9.67. The number of hydrogen-bond acceptors (Lipinski definition) is 2. The normalized spacial score (nSPS) is 11.4. The first-order chi connectivity index (χ1) is 6.39. The topological polar surface area (TPSA) is 34.1 Å². The van der Waals surface area contributed by atoms with Crippen LogP contribution in [0.1, 0.15) is 12.5 Å². The summed E-state index contributed by atoms with van der Waals surface area (Å²) in [6, 6.07) is 7.46. The molecule has 0 saturated heterocycles. The number of carbonyl (C=O) groups is 1. The van der Waals surface area contributed by atoms with Crippen LogP contribution in [-0.2, 0) is 15.8 Å². The smallest absolute Gasteiger partial charge is 0.134 e. The Balaban J connectivity index is 3.02. The summed E-state index contributed by atoms with van der Waals surface area (Å²) in [7, 11) is -2.20. The number of carbonyl (C=O) groups excluding carboxylic acids is 1. The van der Waals surface area contributed by atoms with Gasteiger partial charge < -0.3 is 4.57 Å². The third-order valence-corrected chi connectivity index (χ3v) is 3.51. The van der Waals surface area contributed by atoms with Crippen LogP contribution in [0.5, 0.6) is 0 Å². The molecule has 1 aromatic rings. The predicted octanol–water partition coefficient (Wildman–Crippen LogP) is 2.07. The molecule has 0 fully saturated rings. The van der Waals surface area contributed by atoms with Crippen LogP contribution in [0.15, 0.2) is 24.3 Å². The maximum atomic E-state index is 11.8. The van der Waals surface area contributed by atoms with E-state index in [1.165, 1.54) is 0 Å². The van der Waals surface area contributed by atoms with Crippen LogP contribution in [0, 0.1) is 0 Å². The lowest BCUT2D eigenvalue weighted by molar-refractivity contribution is -0.116. The number of Topliss-reactive ketones (excluding diaryl/α,β-unsaturated/α-hetero) is 1. The Morgan fingerprint density at radius 3 is 2.50 bits per heavy atom. The van der Waals surface area contributed by atoms with E-state index in [0.717, 1.165) is 10.9 Å². The molecular weight excluding hydrogens is 195 g/mol. The minimum absolute atomic E-state index is 0.129. The second kappa shape index (κ2) is 4.10. The summed E-state index contributed by atoms with van der Waals surface area (Å²) in [5, 5.41) is 0.844. The highest BCUT2D eigenvalue weighted by Gasteiger charge is 2.11. The Hall–Kier alpha value is -0.880. The molecule has 0 aliphatic carbocycles. The molecule has 0 aliphatic rings. The third-order valence-electron chi connectivity index (χ3n) is 1.99. The SMILES string of the molecule is CC(=O)Cc1cccc(P(C)(C)=O)c1. The number of hydrogen-bond donors (Lipinski definition) is 0. The van der Waals surface area contributed by atoms with E-state index in [-0.39, 0.29) is 5.78 Å². The van der Waals surface area contributed by atoms with Gasteiger partial charge in [-0.15, -0.1) is 0 Å². The lowest BCUT2D eigenvalue weighted by Crippen LogP contribution is -2.05. The van der Waals surface area contributed by atoms with Crippen molar-refractivity contribution in [2.45, 2.75) is 13.3 Å². The summed E-state index contributed by atoms with van der Waals surface area (Å²) in [5.41, 5.74) is 0.943. The lowest BCUT2D eigenvalue weighted by atomic mass is 10.1. The van der Waals surface area contributed by atoms with Gasteiger partial charge in [0.1, 0.15) is 12.9 Å². The molecule has 0 heterocycles. The highest BCUT2D eigenvalue weighted by atomic mass is 31.2. The molecule has 0 atom stereocenters. The van der Waals surface area contributed by atoms with Gasteiger partial charge in [0.15, 0.2) is 0 Å². The Kier molecular flexibility index (Phi) is 3.28. The standard InChI is InChI=1S/C11H15O2P/c1-9(12)7-10-5-4-6-11(8-10)14(2,3)13/h4-6,8H,7H2,1-3H3. The van der Waals surface area contributed by atoms with Gasteiger partial charge >= 0.3 is 0 Å². The molecule has 14 heavy (non-hydrogen) atoms. The summed E-state index contributed by atoms with van der Waals surface area (Å²) in [6.07, 6.45) is 0.424. The van der Waals surface area contributed by atoms with Gasteiger partial charge in [0.25, 0.3) is 0 Å². The fourth-order valence-corrected chi connectivity index (χ4v) is 2.21. The molecular formula is C11H15O2P. The maximum Gasteiger partial charge on any atom is 0.134 e. The van der Waals surface area contributed by atoms with Crippen LogP contribution < -0.4 is 5.30 Å². The number of ketones is 1. The van der Waals surface area contributed by atoms with Gasteiger partial charge in [-0.1, -0.05) is 18.2 Å². The number of rotatable bonds is 3. The van der Waals surface area contributed by atoms with E-state index in [0.29, 0.717) is 6.42 Å². The molecule has 76 valence electrons. The van der Waals surface area contributed by atoms with Crippen LogP contribution in [0.4, 0.5) is 0 Å². The third kappa shape index (κ3) is 3.12. The van der Waals surface area contributed by atoms with Crippen molar-refractivity contribution in [3.05, 3.63) is 29.8 Å². The summed E-state index contributed by atoms with van der Waals surface area (Å²) in [5.74, 6) is 0.129. The molecule has 0 bridgehead atoms. The average Bonchev–Trinajstić information content (AvgIpc) is 2.01. The van der Waals surface area contributed by atoms with Crippen LogP contribution in [0.2, 0.25) is 0 Å². The predicted molar refractivity (Wildman–Crippen MR) is 59.9 cm³/mol. The molecule has 3 heteroatoms. The molecule has 0 radical (unpaired) electrons. The molecule has 1 aromatic carbocycles. The Bertz CT molecular complexity index is 390. The van der Waals surface area contributed by atoms with Gasteiger partial charge in [-0.25, -0.2) is 0 Å². The van der Waals surface area contributed by atoms with Gasteiger partial charge in [-0.3, -0.25) is 4.79 Å². The summed E-state index contributed by atoms with van der Waals surface area (Å²) >= 11 is 0. The molecule has 2 nitrogen and oxygen atoms in total. The second-order valence-corrected chi connectivity index (χ2v) is 7.12. The summed E-state index contributed by atoms with van der Waals surface area (Å²) < 4.78 is 11.8. The lowest BCUT2D eigenvalue weighted by Gasteiger charge is -2.08. The average molecular weight is 210 g/mol. The zero-order valence-electron chi connectivity index (χ0n) is 8.78. The minimum Gasteiger partial charge on any atom is -0.319 e. The Labute approximate surface area is 84.7 Å². The van der Waals surface area contributed by atoms with E-state index in [9.17, 15) is 9.36 Å². The van der Waals surface area contributed by atoms with Crippen LogP contribution in [0.25, 0.3) is 0 Å². The van der Waals surface area contributed by atoms with E-state index < -0.39 is 7.14 Å². The molecule has 0 N–H and O–H groups in total. The van der Waals surface area contributed by atoms with Crippen LogP contribution in [-0.4, -0.2) is 19.1 Å². The van der Waals surface area contributed by atoms with Crippen molar-refractivity contribution in [1.29, 1.82) is 0 Å². The van der Waals surface area contributed by atoms with E-state index in [4.69, 9.17) is 0 Å². The molecule has 0 unspecified atom stereocenters. The summed E-state index contributed by atoms with van der Waals surface area (Å²) in [4.78, 5) is 10.9. The quantitative estimate of drug-likeness (QED) is 0.715. The second-order valence-electron chi connectivity index (χ2n) is 3.90. The van der Waals surface area contributed by atoms with Gasteiger partial charge in [-0.2, -0.15) is 0 Å². The monoisotopic (exact) mass is 210 g/mol. The molecule has 0 saturated carbocycles. The Morgan fingerprint density at radius 1 is 1.36 bits per heavy atom. The van der Waals surface area contributed by atoms with E-state index >= 15 is 0 Å². The van der Waals surface area contributed by atoms with Crippen molar-refractivity contribution >= 4 is 18.2 Å². The van der Waals surface area contributed by atoms with Gasteiger partial charge in [0.2, 0.25) is 0 Å². The highest BCUT2D eigenvalue weighted by Crippen LogP contribution is 2.34. The maximum absolute atomic E-state index is 11.8. The highest BCUT2D eigenvalue weighted by molar-refractivity contribution is 7.70. The molecule has 0 aromatic heterocycles. The number of benzene rings is 1. The van der Waals surface area contributed by atoms with Crippen molar-refractivity contribution in [3.8, 4) is 0 Å². The molecule has 0 spiro atoms. The van der Waals surface area contributed by atoms with Crippen molar-refractivity contribution in [2.24, 2.45) is 0 Å². The fraction of sp³-hybridized carbons (Fsp3) is 0.364. The first kappa shape index (κ1) is 11.2. The van der Waals surface area contributed by atoms with Crippen LogP contribution in [0.3, 0.4) is 0 Å². The summed E-state index contributed by atoms with van der Waals surface area (Å²) in [6.45, 7) is 5.03. The van der Waals surface area contributed by atoms with Crippen LogP contribution >= 0.6 is 7.14 Å². The first-order valence-electron chi connectivity index (χ1n) is 4.53. The largest absolute Gasteiger partial charge is 0.319 e. The molecule has 0 aliphatic heterocycles. The van der Waals surface area contributed by atoms with Gasteiger partial charge in [0.05, 0.1) is 0 Å². The zero-order chi connectivity index (χ0) is 10.8. The van der Waals surface area contributed by atoms with E-state index in [1.807, 2.05) is 24.3 Å².